The first kappa shape index (κ1) is 9.66. The van der Waals surface area contributed by atoms with Gasteiger partial charge in [0.2, 0.25) is 0 Å². The van der Waals surface area contributed by atoms with Gasteiger partial charge in [-0.3, -0.25) is 0 Å². The summed E-state index contributed by atoms with van der Waals surface area (Å²) in [5.41, 5.74) is 1.83. The molecule has 1 nitrogen and oxygen atoms in total. The van der Waals surface area contributed by atoms with Crippen LogP contribution in [-0.2, 0) is 6.42 Å². The van der Waals surface area contributed by atoms with Gasteiger partial charge in [0.15, 0.2) is 0 Å². The van der Waals surface area contributed by atoms with E-state index in [0.29, 0.717) is 6.04 Å². The molecule has 76 valence electrons. The van der Waals surface area contributed by atoms with Crippen LogP contribution in [0.2, 0.25) is 0 Å². The van der Waals surface area contributed by atoms with Gasteiger partial charge < -0.3 is 5.32 Å². The Morgan fingerprint density at radius 3 is 3.00 bits per heavy atom. The van der Waals surface area contributed by atoms with Gasteiger partial charge in [0, 0.05) is 6.04 Å². The Morgan fingerprint density at radius 1 is 1.50 bits per heavy atom. The van der Waals surface area contributed by atoms with E-state index in [-0.39, 0.29) is 5.82 Å². The molecule has 1 aromatic carbocycles. The van der Waals surface area contributed by atoms with Gasteiger partial charge in [-0.2, -0.15) is 0 Å². The molecule has 1 aromatic rings. The first-order chi connectivity index (χ1) is 6.75. The monoisotopic (exact) mass is 193 g/mol. The standard InChI is InChI=1S/C12H16FN/c1-9-4-5-10(8-12(9)13)7-11-3-2-6-14-11/h4-5,8,11,14H,2-3,6-7H2,1H3/t11-/m0/s1. The van der Waals surface area contributed by atoms with Crippen LogP contribution < -0.4 is 5.32 Å². The molecule has 0 aliphatic carbocycles. The highest BCUT2D eigenvalue weighted by Crippen LogP contribution is 2.14. The molecule has 1 heterocycles. The van der Waals surface area contributed by atoms with Crippen LogP contribution in [0.5, 0.6) is 0 Å². The molecule has 0 bridgehead atoms. The molecular weight excluding hydrogens is 177 g/mol. The van der Waals surface area contributed by atoms with Crippen LogP contribution in [0.4, 0.5) is 4.39 Å². The average Bonchev–Trinajstić information content (AvgIpc) is 2.64. The van der Waals surface area contributed by atoms with E-state index in [2.05, 4.69) is 5.32 Å². The van der Waals surface area contributed by atoms with E-state index in [4.69, 9.17) is 0 Å². The van der Waals surface area contributed by atoms with Crippen molar-refractivity contribution in [2.24, 2.45) is 0 Å². The molecule has 0 amide bonds. The van der Waals surface area contributed by atoms with E-state index >= 15 is 0 Å². The minimum Gasteiger partial charge on any atom is -0.314 e. The summed E-state index contributed by atoms with van der Waals surface area (Å²) in [4.78, 5) is 0. The fourth-order valence-electron chi connectivity index (χ4n) is 1.98. The average molecular weight is 193 g/mol. The summed E-state index contributed by atoms with van der Waals surface area (Å²) in [5, 5.41) is 3.42. The second-order valence-corrected chi connectivity index (χ2v) is 4.08. The fraction of sp³-hybridized carbons (Fsp3) is 0.500. The maximum Gasteiger partial charge on any atom is 0.126 e. The van der Waals surface area contributed by atoms with Crippen molar-refractivity contribution in [3.8, 4) is 0 Å². The van der Waals surface area contributed by atoms with E-state index in [1.165, 1.54) is 12.8 Å². The van der Waals surface area contributed by atoms with Gasteiger partial charge in [-0.15, -0.1) is 0 Å². The first-order valence-corrected chi connectivity index (χ1v) is 5.24. The Kier molecular flexibility index (Phi) is 2.82. The molecule has 0 saturated carbocycles. The molecule has 1 atom stereocenters. The van der Waals surface area contributed by atoms with Gasteiger partial charge in [-0.1, -0.05) is 12.1 Å². The van der Waals surface area contributed by atoms with Gasteiger partial charge in [0.1, 0.15) is 5.82 Å². The zero-order valence-electron chi connectivity index (χ0n) is 8.52. The molecule has 0 radical (unpaired) electrons. The van der Waals surface area contributed by atoms with Gasteiger partial charge in [-0.25, -0.2) is 4.39 Å². The second-order valence-electron chi connectivity index (χ2n) is 4.08. The van der Waals surface area contributed by atoms with E-state index in [1.807, 2.05) is 12.1 Å². The van der Waals surface area contributed by atoms with E-state index < -0.39 is 0 Å². The van der Waals surface area contributed by atoms with Gasteiger partial charge in [0.25, 0.3) is 0 Å². The third-order valence-electron chi connectivity index (χ3n) is 2.88. The largest absolute Gasteiger partial charge is 0.314 e. The number of benzene rings is 1. The summed E-state index contributed by atoms with van der Waals surface area (Å²) in [6, 6.07) is 6.10. The molecule has 0 spiro atoms. The normalized spacial score (nSPS) is 21.4. The van der Waals surface area contributed by atoms with E-state index in [1.54, 1.807) is 13.0 Å². The predicted molar refractivity (Wildman–Crippen MR) is 55.9 cm³/mol. The Morgan fingerprint density at radius 2 is 2.36 bits per heavy atom. The Balaban J connectivity index is 2.05. The van der Waals surface area contributed by atoms with Gasteiger partial charge in [-0.05, 0) is 49.9 Å². The van der Waals surface area contributed by atoms with Crippen molar-refractivity contribution in [1.82, 2.24) is 5.32 Å². The SMILES string of the molecule is Cc1ccc(C[C@@H]2CCCN2)cc1F. The Labute approximate surface area is 84.3 Å². The minimum atomic E-state index is -0.0829. The summed E-state index contributed by atoms with van der Waals surface area (Å²) >= 11 is 0. The highest BCUT2D eigenvalue weighted by atomic mass is 19.1. The Hall–Kier alpha value is -0.890. The summed E-state index contributed by atoms with van der Waals surface area (Å²) in [5.74, 6) is -0.0829. The summed E-state index contributed by atoms with van der Waals surface area (Å²) < 4.78 is 13.2. The predicted octanol–water partition coefficient (Wildman–Crippen LogP) is 2.43. The van der Waals surface area contributed by atoms with Crippen LogP contribution in [-0.4, -0.2) is 12.6 Å². The quantitative estimate of drug-likeness (QED) is 0.760. The molecule has 1 saturated heterocycles. The summed E-state index contributed by atoms with van der Waals surface area (Å²) in [6.45, 7) is 2.91. The summed E-state index contributed by atoms with van der Waals surface area (Å²) in [6.07, 6.45) is 3.42. The number of rotatable bonds is 2. The lowest BCUT2D eigenvalue weighted by molar-refractivity contribution is 0.590. The lowest BCUT2D eigenvalue weighted by atomic mass is 10.0. The summed E-state index contributed by atoms with van der Waals surface area (Å²) in [7, 11) is 0. The van der Waals surface area contributed by atoms with Gasteiger partial charge in [0.05, 0.1) is 0 Å². The van der Waals surface area contributed by atoms with Crippen LogP contribution in [0.1, 0.15) is 24.0 Å². The van der Waals surface area contributed by atoms with Crippen LogP contribution in [0.3, 0.4) is 0 Å². The van der Waals surface area contributed by atoms with Crippen LogP contribution in [0.15, 0.2) is 18.2 Å². The number of hydrogen-bond acceptors (Lipinski definition) is 1. The molecule has 1 aliphatic heterocycles. The number of halogens is 1. The highest BCUT2D eigenvalue weighted by Gasteiger charge is 2.14. The van der Waals surface area contributed by atoms with Crippen molar-refractivity contribution in [2.45, 2.75) is 32.2 Å². The zero-order chi connectivity index (χ0) is 9.97. The highest BCUT2D eigenvalue weighted by molar-refractivity contribution is 5.24. The first-order valence-electron chi connectivity index (χ1n) is 5.24. The fourth-order valence-corrected chi connectivity index (χ4v) is 1.98. The smallest absolute Gasteiger partial charge is 0.126 e. The van der Waals surface area contributed by atoms with E-state index in [9.17, 15) is 4.39 Å². The van der Waals surface area contributed by atoms with Crippen LogP contribution >= 0.6 is 0 Å². The Bertz CT molecular complexity index is 316. The van der Waals surface area contributed by atoms with Crippen molar-refractivity contribution >= 4 is 0 Å². The molecule has 2 heteroatoms. The van der Waals surface area contributed by atoms with Gasteiger partial charge >= 0.3 is 0 Å². The maximum atomic E-state index is 13.2. The lowest BCUT2D eigenvalue weighted by Crippen LogP contribution is -2.23. The molecule has 2 rings (SSSR count). The lowest BCUT2D eigenvalue weighted by Gasteiger charge is -2.10. The third kappa shape index (κ3) is 2.13. The third-order valence-corrected chi connectivity index (χ3v) is 2.88. The van der Waals surface area contributed by atoms with E-state index in [0.717, 1.165) is 24.1 Å². The molecule has 14 heavy (non-hydrogen) atoms. The van der Waals surface area contributed by atoms with Crippen molar-refractivity contribution in [1.29, 1.82) is 0 Å². The maximum absolute atomic E-state index is 13.2. The minimum absolute atomic E-state index is 0.0829. The van der Waals surface area contributed by atoms with Crippen LogP contribution in [0, 0.1) is 12.7 Å². The molecular formula is C12H16FN. The zero-order valence-corrected chi connectivity index (χ0v) is 8.52. The van der Waals surface area contributed by atoms with Crippen molar-refractivity contribution < 1.29 is 4.39 Å². The molecule has 1 aliphatic rings. The number of aryl methyl sites for hydroxylation is 1. The van der Waals surface area contributed by atoms with Crippen molar-refractivity contribution in [3.05, 3.63) is 35.1 Å². The molecule has 1 fully saturated rings. The van der Waals surface area contributed by atoms with Crippen molar-refractivity contribution in [2.75, 3.05) is 6.54 Å². The molecule has 1 N–H and O–H groups in total. The number of hydrogen-bond donors (Lipinski definition) is 1. The number of nitrogens with one attached hydrogen (secondary N) is 1. The van der Waals surface area contributed by atoms with Crippen LogP contribution in [0.25, 0.3) is 0 Å². The molecule has 0 unspecified atom stereocenters. The van der Waals surface area contributed by atoms with Crippen molar-refractivity contribution in [3.63, 3.8) is 0 Å². The molecule has 0 aromatic heterocycles. The topological polar surface area (TPSA) is 12.0 Å². The second kappa shape index (κ2) is 4.09.